The summed E-state index contributed by atoms with van der Waals surface area (Å²) in [5, 5.41) is 0. The summed E-state index contributed by atoms with van der Waals surface area (Å²) in [6.45, 7) is 1.89. The van der Waals surface area contributed by atoms with Crippen LogP contribution in [0.25, 0.3) is 0 Å². The lowest BCUT2D eigenvalue weighted by atomic mass is 10.4. The van der Waals surface area contributed by atoms with E-state index in [4.69, 9.17) is 0 Å². The van der Waals surface area contributed by atoms with Crippen molar-refractivity contribution in [1.82, 2.24) is 0 Å². The Kier molecular flexibility index (Phi) is 5.54. The number of hydrogen-bond donors (Lipinski definition) is 0. The molecule has 0 aliphatic heterocycles. The van der Waals surface area contributed by atoms with Gasteiger partial charge in [-0.2, -0.15) is 10.0 Å². The molecule has 3 aromatic carbocycles. The van der Waals surface area contributed by atoms with Crippen LogP contribution in [-0.2, 0) is 9.84 Å². The SMILES string of the molecule is CCCS(=O)(=O)c1ccc(S(C)(c2ccccc2)c2ccccc2)cc1. The van der Waals surface area contributed by atoms with Crippen LogP contribution in [0.4, 0.5) is 0 Å². The molecule has 0 aliphatic carbocycles. The van der Waals surface area contributed by atoms with Gasteiger partial charge in [0.25, 0.3) is 0 Å². The van der Waals surface area contributed by atoms with Crippen LogP contribution in [-0.4, -0.2) is 20.4 Å². The van der Waals surface area contributed by atoms with Crippen LogP contribution in [0.1, 0.15) is 13.3 Å². The van der Waals surface area contributed by atoms with Gasteiger partial charge in [-0.3, -0.25) is 0 Å². The Morgan fingerprint density at radius 2 is 1.00 bits per heavy atom. The lowest BCUT2D eigenvalue weighted by molar-refractivity contribution is 0.594. The van der Waals surface area contributed by atoms with Crippen molar-refractivity contribution in [3.05, 3.63) is 84.9 Å². The van der Waals surface area contributed by atoms with E-state index in [-0.39, 0.29) is 5.75 Å². The first kappa shape index (κ1) is 18.7. The minimum absolute atomic E-state index is 0.188. The number of sulfone groups is 1. The molecule has 0 bridgehead atoms. The second kappa shape index (κ2) is 7.68. The first-order valence-corrected chi connectivity index (χ1v) is 12.4. The normalized spacial score (nSPS) is 12.7. The Labute approximate surface area is 158 Å². The molecule has 0 fully saturated rings. The Bertz CT molecular complexity index is 909. The van der Waals surface area contributed by atoms with Gasteiger partial charge in [-0.25, -0.2) is 8.42 Å². The first-order chi connectivity index (χ1) is 12.5. The van der Waals surface area contributed by atoms with Gasteiger partial charge in [-0.1, -0.05) is 43.3 Å². The van der Waals surface area contributed by atoms with Gasteiger partial charge in [-0.15, -0.1) is 0 Å². The van der Waals surface area contributed by atoms with Gasteiger partial charge in [0.2, 0.25) is 0 Å². The standard InChI is InChI=1S/C22H24O2S2/c1-3-18-26(23,24)22-16-14-21(15-17-22)25(2,19-10-6-4-7-11-19)20-12-8-5-9-13-20/h4-17H,3,18H2,1-2H3. The predicted molar refractivity (Wildman–Crippen MR) is 110 cm³/mol. The first-order valence-electron chi connectivity index (χ1n) is 8.70. The van der Waals surface area contributed by atoms with Gasteiger partial charge in [0.1, 0.15) is 0 Å². The van der Waals surface area contributed by atoms with E-state index >= 15 is 0 Å². The zero-order valence-corrected chi connectivity index (χ0v) is 16.8. The highest BCUT2D eigenvalue weighted by atomic mass is 32.3. The summed E-state index contributed by atoms with van der Waals surface area (Å²) in [5.74, 6) is 0.188. The molecule has 26 heavy (non-hydrogen) atoms. The molecular formula is C22H24O2S2. The Morgan fingerprint density at radius 3 is 1.42 bits per heavy atom. The molecule has 4 heteroatoms. The fourth-order valence-electron chi connectivity index (χ4n) is 3.10. The highest BCUT2D eigenvalue weighted by molar-refractivity contribution is 8.33. The lowest BCUT2D eigenvalue weighted by Crippen LogP contribution is -2.06. The Balaban J connectivity index is 2.12. The summed E-state index contributed by atoms with van der Waals surface area (Å²) < 4.78 is 24.7. The molecule has 0 amide bonds. The van der Waals surface area contributed by atoms with E-state index in [1.165, 1.54) is 9.79 Å². The number of benzene rings is 3. The zero-order chi connectivity index (χ0) is 18.6. The van der Waals surface area contributed by atoms with Gasteiger partial charge < -0.3 is 0 Å². The summed E-state index contributed by atoms with van der Waals surface area (Å²) in [6, 6.07) is 28.4. The average molecular weight is 385 g/mol. The summed E-state index contributed by atoms with van der Waals surface area (Å²) in [6.07, 6.45) is 2.90. The van der Waals surface area contributed by atoms with E-state index in [2.05, 4.69) is 54.8 Å². The second-order valence-corrected chi connectivity index (χ2v) is 11.7. The number of rotatable bonds is 6. The van der Waals surface area contributed by atoms with Gasteiger partial charge in [-0.05, 0) is 75.9 Å². The van der Waals surface area contributed by atoms with Crippen molar-refractivity contribution in [3.63, 3.8) is 0 Å². The van der Waals surface area contributed by atoms with Crippen LogP contribution in [0.2, 0.25) is 0 Å². The van der Waals surface area contributed by atoms with Crippen LogP contribution in [0.3, 0.4) is 0 Å². The van der Waals surface area contributed by atoms with E-state index in [9.17, 15) is 8.42 Å². The third-order valence-corrected chi connectivity index (χ3v) is 10.1. The maximum absolute atomic E-state index is 12.3. The fourth-order valence-corrected chi connectivity index (χ4v) is 7.32. The van der Waals surface area contributed by atoms with Crippen molar-refractivity contribution in [3.8, 4) is 0 Å². The van der Waals surface area contributed by atoms with E-state index < -0.39 is 19.9 Å². The molecule has 2 nitrogen and oxygen atoms in total. The highest BCUT2D eigenvalue weighted by Crippen LogP contribution is 2.65. The largest absolute Gasteiger partial charge is 0.224 e. The quantitative estimate of drug-likeness (QED) is 0.540. The molecule has 3 aromatic rings. The molecular weight excluding hydrogens is 360 g/mol. The van der Waals surface area contributed by atoms with Crippen LogP contribution < -0.4 is 0 Å². The third-order valence-electron chi connectivity index (χ3n) is 4.56. The fraction of sp³-hybridized carbons (Fsp3) is 0.182. The summed E-state index contributed by atoms with van der Waals surface area (Å²) >= 11 is 0. The lowest BCUT2D eigenvalue weighted by Gasteiger charge is -2.37. The van der Waals surface area contributed by atoms with E-state index in [0.717, 1.165) is 4.90 Å². The molecule has 0 radical (unpaired) electrons. The van der Waals surface area contributed by atoms with Gasteiger partial charge >= 0.3 is 0 Å². The predicted octanol–water partition coefficient (Wildman–Crippen LogP) is 5.78. The smallest absolute Gasteiger partial charge is 0.178 e. The molecule has 0 unspecified atom stereocenters. The van der Waals surface area contributed by atoms with Crippen molar-refractivity contribution in [1.29, 1.82) is 0 Å². The van der Waals surface area contributed by atoms with Crippen LogP contribution >= 0.6 is 10.0 Å². The Hall–Kier alpha value is -2.04. The van der Waals surface area contributed by atoms with Crippen molar-refractivity contribution >= 4 is 19.9 Å². The molecule has 3 rings (SSSR count). The molecule has 0 spiro atoms. The topological polar surface area (TPSA) is 34.1 Å². The average Bonchev–Trinajstić information content (AvgIpc) is 2.69. The van der Waals surface area contributed by atoms with Crippen LogP contribution in [0.5, 0.6) is 0 Å². The van der Waals surface area contributed by atoms with Crippen molar-refractivity contribution in [2.45, 2.75) is 32.9 Å². The van der Waals surface area contributed by atoms with E-state index in [1.807, 2.05) is 31.2 Å². The summed E-state index contributed by atoms with van der Waals surface area (Å²) in [5.41, 5.74) is 0. The highest BCUT2D eigenvalue weighted by Gasteiger charge is 2.26. The van der Waals surface area contributed by atoms with E-state index in [0.29, 0.717) is 11.3 Å². The number of hydrogen-bond acceptors (Lipinski definition) is 2. The zero-order valence-electron chi connectivity index (χ0n) is 15.1. The molecule has 0 saturated heterocycles. The molecule has 0 atom stereocenters. The van der Waals surface area contributed by atoms with Crippen LogP contribution in [0, 0.1) is 0 Å². The van der Waals surface area contributed by atoms with Crippen molar-refractivity contribution in [2.75, 3.05) is 12.0 Å². The van der Waals surface area contributed by atoms with E-state index in [1.54, 1.807) is 12.1 Å². The molecule has 136 valence electrons. The van der Waals surface area contributed by atoms with Crippen LogP contribution in [0.15, 0.2) is 105 Å². The van der Waals surface area contributed by atoms with Gasteiger partial charge in [0.05, 0.1) is 10.6 Å². The minimum Gasteiger partial charge on any atom is -0.224 e. The maximum Gasteiger partial charge on any atom is 0.178 e. The summed E-state index contributed by atoms with van der Waals surface area (Å²) in [7, 11) is -4.64. The molecule has 0 N–H and O–H groups in total. The maximum atomic E-state index is 12.3. The van der Waals surface area contributed by atoms with Crippen molar-refractivity contribution in [2.24, 2.45) is 0 Å². The molecule has 0 aromatic heterocycles. The minimum atomic E-state index is -3.19. The molecule has 0 aliphatic rings. The second-order valence-electron chi connectivity index (χ2n) is 6.33. The van der Waals surface area contributed by atoms with Crippen molar-refractivity contribution < 1.29 is 8.42 Å². The third kappa shape index (κ3) is 3.57. The molecule has 0 heterocycles. The monoisotopic (exact) mass is 384 g/mol. The van der Waals surface area contributed by atoms with Gasteiger partial charge in [0.15, 0.2) is 9.84 Å². The Morgan fingerprint density at radius 1 is 0.615 bits per heavy atom. The molecule has 0 saturated carbocycles. The summed E-state index contributed by atoms with van der Waals surface area (Å²) in [4.78, 5) is 4.09. The van der Waals surface area contributed by atoms with Gasteiger partial charge in [0, 0.05) is 0 Å².